The molecule has 118 valence electrons. The van der Waals surface area contributed by atoms with E-state index < -0.39 is 0 Å². The maximum Gasteiger partial charge on any atom is 0.216 e. The molecular formula is C15H22N6O. The van der Waals surface area contributed by atoms with Crippen molar-refractivity contribution < 1.29 is 4.42 Å². The third-order valence-electron chi connectivity index (χ3n) is 3.48. The molecule has 1 aliphatic carbocycles. The molecule has 0 aliphatic heterocycles. The molecule has 22 heavy (non-hydrogen) atoms. The highest BCUT2D eigenvalue weighted by molar-refractivity contribution is 5.79. The van der Waals surface area contributed by atoms with Crippen LogP contribution in [0.25, 0.3) is 11.6 Å². The van der Waals surface area contributed by atoms with E-state index in [4.69, 9.17) is 4.42 Å². The van der Waals surface area contributed by atoms with Gasteiger partial charge in [-0.2, -0.15) is 5.10 Å². The first-order valence-corrected chi connectivity index (χ1v) is 7.82. The van der Waals surface area contributed by atoms with Gasteiger partial charge in [-0.25, -0.2) is 4.98 Å². The fourth-order valence-corrected chi connectivity index (χ4v) is 2.08. The number of rotatable bonds is 7. The summed E-state index contributed by atoms with van der Waals surface area (Å²) in [5.41, 5.74) is 0. The van der Waals surface area contributed by atoms with Crippen molar-refractivity contribution in [2.75, 3.05) is 19.6 Å². The number of hydrogen-bond donors (Lipinski definition) is 3. The molecule has 0 unspecified atom stereocenters. The summed E-state index contributed by atoms with van der Waals surface area (Å²) in [5.74, 6) is 3.77. The number of aliphatic imine (C=N–C) groups is 1. The average molecular weight is 302 g/mol. The van der Waals surface area contributed by atoms with E-state index in [-0.39, 0.29) is 0 Å². The van der Waals surface area contributed by atoms with Crippen LogP contribution in [0.4, 0.5) is 0 Å². The number of furan rings is 1. The van der Waals surface area contributed by atoms with Crippen molar-refractivity contribution in [1.29, 1.82) is 0 Å². The van der Waals surface area contributed by atoms with E-state index in [9.17, 15) is 0 Å². The lowest BCUT2D eigenvalue weighted by Crippen LogP contribution is -2.38. The van der Waals surface area contributed by atoms with Crippen LogP contribution >= 0.6 is 0 Å². The van der Waals surface area contributed by atoms with Crippen LogP contribution in [0.2, 0.25) is 0 Å². The number of aromatic nitrogens is 3. The average Bonchev–Trinajstić information content (AvgIpc) is 3.01. The minimum atomic E-state index is 0.592. The van der Waals surface area contributed by atoms with E-state index in [1.165, 1.54) is 12.8 Å². The molecule has 2 aromatic heterocycles. The Bertz CT molecular complexity index is 599. The molecule has 0 atom stereocenters. The Kier molecular flexibility index (Phi) is 4.72. The molecule has 0 radical (unpaired) electrons. The Morgan fingerprint density at radius 1 is 1.45 bits per heavy atom. The number of guanidine groups is 1. The fraction of sp³-hybridized carbons (Fsp3) is 0.533. The van der Waals surface area contributed by atoms with Gasteiger partial charge in [0, 0.05) is 26.1 Å². The second-order valence-corrected chi connectivity index (χ2v) is 5.42. The number of nitrogens with zero attached hydrogens (tertiary/aromatic N) is 3. The smallest absolute Gasteiger partial charge is 0.216 e. The molecule has 7 heteroatoms. The topological polar surface area (TPSA) is 91.1 Å². The van der Waals surface area contributed by atoms with Crippen LogP contribution in [0, 0.1) is 5.92 Å². The summed E-state index contributed by atoms with van der Waals surface area (Å²) >= 11 is 0. The first-order valence-electron chi connectivity index (χ1n) is 7.82. The minimum absolute atomic E-state index is 0.592. The highest BCUT2D eigenvalue weighted by Crippen LogP contribution is 2.28. The Hall–Kier alpha value is -2.31. The molecule has 1 fully saturated rings. The lowest BCUT2D eigenvalue weighted by atomic mass is 10.4. The predicted molar refractivity (Wildman–Crippen MR) is 84.5 cm³/mol. The van der Waals surface area contributed by atoms with Crippen molar-refractivity contribution >= 4 is 5.96 Å². The molecule has 0 bridgehead atoms. The summed E-state index contributed by atoms with van der Waals surface area (Å²) in [4.78, 5) is 9.00. The van der Waals surface area contributed by atoms with E-state index >= 15 is 0 Å². The highest BCUT2D eigenvalue weighted by Gasteiger charge is 2.20. The van der Waals surface area contributed by atoms with Crippen molar-refractivity contribution in [3.8, 4) is 11.6 Å². The van der Waals surface area contributed by atoms with Crippen molar-refractivity contribution in [3.05, 3.63) is 24.2 Å². The molecule has 0 aromatic carbocycles. The number of aromatic amines is 1. The van der Waals surface area contributed by atoms with Gasteiger partial charge in [0.05, 0.1) is 6.26 Å². The van der Waals surface area contributed by atoms with E-state index in [2.05, 4.69) is 37.7 Å². The maximum absolute atomic E-state index is 5.28. The normalized spacial score (nSPS) is 15.0. The molecule has 2 heterocycles. The molecule has 0 saturated heterocycles. The Morgan fingerprint density at radius 2 is 2.36 bits per heavy atom. The van der Waals surface area contributed by atoms with Crippen LogP contribution in [0.1, 0.15) is 25.6 Å². The standard InChI is InChI=1S/C15H22N6O/c1-2-16-15(18-10-11-5-6-11)17-8-7-13-19-14(21-20-13)12-4-3-9-22-12/h3-4,9,11H,2,5-8,10H2,1H3,(H2,16,17,18)(H,19,20,21). The number of nitrogens with one attached hydrogen (secondary N) is 3. The summed E-state index contributed by atoms with van der Waals surface area (Å²) in [7, 11) is 0. The quantitative estimate of drug-likeness (QED) is 0.533. The second-order valence-electron chi connectivity index (χ2n) is 5.42. The van der Waals surface area contributed by atoms with Gasteiger partial charge in [-0.05, 0) is 37.8 Å². The third kappa shape index (κ3) is 4.09. The molecule has 2 aromatic rings. The molecule has 7 nitrogen and oxygen atoms in total. The van der Waals surface area contributed by atoms with Crippen LogP contribution in [-0.2, 0) is 6.42 Å². The predicted octanol–water partition coefficient (Wildman–Crippen LogP) is 1.57. The molecule has 1 aliphatic rings. The summed E-state index contributed by atoms with van der Waals surface area (Å²) in [5, 5.41) is 13.7. The van der Waals surface area contributed by atoms with Gasteiger partial charge < -0.3 is 15.1 Å². The van der Waals surface area contributed by atoms with E-state index in [1.54, 1.807) is 6.26 Å². The Balaban J connectivity index is 1.47. The Morgan fingerprint density at radius 3 is 3.09 bits per heavy atom. The van der Waals surface area contributed by atoms with E-state index in [0.717, 1.165) is 43.8 Å². The van der Waals surface area contributed by atoms with Crippen LogP contribution in [0.5, 0.6) is 0 Å². The molecule has 0 amide bonds. The number of hydrogen-bond acceptors (Lipinski definition) is 4. The van der Waals surface area contributed by atoms with Crippen LogP contribution in [-0.4, -0.2) is 40.8 Å². The van der Waals surface area contributed by atoms with Gasteiger partial charge in [0.2, 0.25) is 5.82 Å². The van der Waals surface area contributed by atoms with E-state index in [1.807, 2.05) is 12.1 Å². The van der Waals surface area contributed by atoms with Crippen molar-refractivity contribution in [1.82, 2.24) is 25.8 Å². The van der Waals surface area contributed by atoms with E-state index in [0.29, 0.717) is 11.6 Å². The summed E-state index contributed by atoms with van der Waals surface area (Å²) in [6.45, 7) is 4.60. The summed E-state index contributed by atoms with van der Waals surface area (Å²) in [6.07, 6.45) is 5.00. The van der Waals surface area contributed by atoms with Gasteiger partial charge >= 0.3 is 0 Å². The molecule has 3 N–H and O–H groups in total. The van der Waals surface area contributed by atoms with Gasteiger partial charge in [-0.15, -0.1) is 0 Å². The molecule has 3 rings (SSSR count). The first-order chi connectivity index (χ1) is 10.8. The van der Waals surface area contributed by atoms with Crippen molar-refractivity contribution in [3.63, 3.8) is 0 Å². The van der Waals surface area contributed by atoms with Crippen LogP contribution < -0.4 is 10.6 Å². The van der Waals surface area contributed by atoms with Gasteiger partial charge in [0.1, 0.15) is 5.82 Å². The molecule has 0 spiro atoms. The van der Waals surface area contributed by atoms with Gasteiger partial charge in [0.15, 0.2) is 11.7 Å². The summed E-state index contributed by atoms with van der Waals surface area (Å²) in [6, 6.07) is 3.67. The van der Waals surface area contributed by atoms with Crippen LogP contribution in [0.15, 0.2) is 27.8 Å². The van der Waals surface area contributed by atoms with Crippen LogP contribution in [0.3, 0.4) is 0 Å². The monoisotopic (exact) mass is 302 g/mol. The minimum Gasteiger partial charge on any atom is -0.461 e. The van der Waals surface area contributed by atoms with Gasteiger partial charge in [0.25, 0.3) is 0 Å². The van der Waals surface area contributed by atoms with Gasteiger partial charge in [-0.3, -0.25) is 10.1 Å². The zero-order valence-corrected chi connectivity index (χ0v) is 12.8. The fourth-order valence-electron chi connectivity index (χ4n) is 2.08. The number of H-pyrrole nitrogens is 1. The van der Waals surface area contributed by atoms with Crippen molar-refractivity contribution in [2.45, 2.75) is 26.2 Å². The summed E-state index contributed by atoms with van der Waals surface area (Å²) < 4.78 is 5.28. The second kappa shape index (κ2) is 7.11. The zero-order chi connectivity index (χ0) is 15.2. The maximum atomic E-state index is 5.28. The SMILES string of the molecule is CCNC(=NCC1CC1)NCCc1nc(-c2ccco2)n[nH]1. The third-order valence-corrected chi connectivity index (χ3v) is 3.48. The largest absolute Gasteiger partial charge is 0.461 e. The van der Waals surface area contributed by atoms with Gasteiger partial charge in [-0.1, -0.05) is 0 Å². The molecular weight excluding hydrogens is 280 g/mol. The lowest BCUT2D eigenvalue weighted by molar-refractivity contribution is 0.577. The Labute approximate surface area is 129 Å². The van der Waals surface area contributed by atoms with Crippen molar-refractivity contribution in [2.24, 2.45) is 10.9 Å². The molecule has 1 saturated carbocycles. The lowest BCUT2D eigenvalue weighted by Gasteiger charge is -2.10. The highest BCUT2D eigenvalue weighted by atomic mass is 16.3. The first kappa shape index (κ1) is 14.6. The zero-order valence-electron chi connectivity index (χ0n) is 12.8.